The quantitative estimate of drug-likeness (QED) is 0.586. The lowest BCUT2D eigenvalue weighted by Crippen LogP contribution is -2.77. The van der Waals surface area contributed by atoms with E-state index in [0.717, 1.165) is 55.0 Å². The zero-order chi connectivity index (χ0) is 25.5. The Morgan fingerprint density at radius 2 is 1.92 bits per heavy atom. The predicted molar refractivity (Wildman–Crippen MR) is 141 cm³/mol. The van der Waals surface area contributed by atoms with Crippen molar-refractivity contribution in [3.63, 3.8) is 0 Å². The van der Waals surface area contributed by atoms with Crippen LogP contribution in [0.5, 0.6) is 11.5 Å². The van der Waals surface area contributed by atoms with Gasteiger partial charge in [0.15, 0.2) is 11.5 Å². The number of phenols is 1. The van der Waals surface area contributed by atoms with Crippen molar-refractivity contribution in [3.05, 3.63) is 69.3 Å². The van der Waals surface area contributed by atoms with Crippen molar-refractivity contribution < 1.29 is 19.7 Å². The van der Waals surface area contributed by atoms with E-state index in [9.17, 15) is 10.2 Å². The molecule has 0 unspecified atom stereocenters. The van der Waals surface area contributed by atoms with Crippen LogP contribution in [-0.2, 0) is 22.2 Å². The van der Waals surface area contributed by atoms with Crippen LogP contribution in [0.4, 0.5) is 0 Å². The molecule has 37 heavy (non-hydrogen) atoms. The molecule has 2 N–H and O–H groups in total. The molecule has 6 aliphatic rings. The Hall–Kier alpha value is -2.34. The Labute approximate surface area is 219 Å². The summed E-state index contributed by atoms with van der Waals surface area (Å²) >= 11 is 0. The van der Waals surface area contributed by atoms with Crippen LogP contribution in [0.3, 0.4) is 0 Å². The number of benzene rings is 2. The van der Waals surface area contributed by atoms with Crippen LogP contribution in [0.2, 0.25) is 0 Å². The van der Waals surface area contributed by atoms with Crippen LogP contribution in [0.15, 0.2) is 41.5 Å². The third-order valence-corrected chi connectivity index (χ3v) is 10.8. The zero-order valence-electron chi connectivity index (χ0n) is 22.3. The maximum atomic E-state index is 12.4. The fraction of sp³-hybridized carbons (Fsp3) is 0.562. The van der Waals surface area contributed by atoms with E-state index in [-0.39, 0.29) is 23.2 Å². The lowest BCUT2D eigenvalue weighted by atomic mass is 9.40. The molecule has 5 heteroatoms. The summed E-state index contributed by atoms with van der Waals surface area (Å²) in [6, 6.07) is 10.7. The molecule has 5 nitrogen and oxygen atoms in total. The van der Waals surface area contributed by atoms with Gasteiger partial charge in [0, 0.05) is 44.1 Å². The van der Waals surface area contributed by atoms with Gasteiger partial charge in [-0.15, -0.1) is 0 Å². The molecule has 6 atom stereocenters. The summed E-state index contributed by atoms with van der Waals surface area (Å²) in [5.74, 6) is 1.51. The van der Waals surface area contributed by atoms with Gasteiger partial charge in [0.2, 0.25) is 0 Å². The third kappa shape index (κ3) is 2.61. The Bertz CT molecular complexity index is 1370. The van der Waals surface area contributed by atoms with E-state index in [1.165, 1.54) is 35.1 Å². The molecule has 3 fully saturated rings. The summed E-state index contributed by atoms with van der Waals surface area (Å²) in [6.07, 6.45) is 5.15. The van der Waals surface area contributed by atoms with Gasteiger partial charge in [0.1, 0.15) is 11.7 Å². The first-order chi connectivity index (χ1) is 17.7. The lowest BCUT2D eigenvalue weighted by molar-refractivity contribution is -0.227. The van der Waals surface area contributed by atoms with Crippen LogP contribution in [-0.4, -0.2) is 53.1 Å². The van der Waals surface area contributed by atoms with Crippen LogP contribution >= 0.6 is 0 Å². The average molecular weight is 500 g/mol. The van der Waals surface area contributed by atoms with Gasteiger partial charge in [-0.2, -0.15) is 0 Å². The van der Waals surface area contributed by atoms with Crippen molar-refractivity contribution in [2.75, 3.05) is 20.2 Å². The van der Waals surface area contributed by atoms with Crippen LogP contribution in [0.1, 0.15) is 60.4 Å². The number of fused-ring (bicyclic) bond motifs is 3. The largest absolute Gasteiger partial charge is 0.504 e. The van der Waals surface area contributed by atoms with E-state index < -0.39 is 11.2 Å². The number of hydrogen-bond donors (Lipinski definition) is 2. The van der Waals surface area contributed by atoms with Crippen LogP contribution in [0.25, 0.3) is 0 Å². The van der Waals surface area contributed by atoms with Gasteiger partial charge in [-0.05, 0) is 75.1 Å². The van der Waals surface area contributed by atoms with E-state index in [2.05, 4.69) is 43.0 Å². The number of ether oxygens (including phenoxy) is 2. The Balaban J connectivity index is 1.37. The predicted octanol–water partition coefficient (Wildman–Crippen LogP) is 4.67. The third-order valence-electron chi connectivity index (χ3n) is 10.8. The molecule has 1 saturated heterocycles. The minimum atomic E-state index is -1.11. The van der Waals surface area contributed by atoms with E-state index in [1.807, 2.05) is 13.0 Å². The molecule has 0 radical (unpaired) electrons. The molecule has 0 amide bonds. The minimum absolute atomic E-state index is 0.194. The molecule has 194 valence electrons. The highest BCUT2D eigenvalue weighted by atomic mass is 16.6. The number of nitrogens with zero attached hydrogens (tertiary/aromatic N) is 1. The molecule has 2 heterocycles. The number of aliphatic hydroxyl groups is 1. The van der Waals surface area contributed by atoms with E-state index >= 15 is 0 Å². The van der Waals surface area contributed by atoms with Gasteiger partial charge in [-0.3, -0.25) is 4.90 Å². The molecular weight excluding hydrogens is 462 g/mol. The molecule has 2 saturated carbocycles. The summed E-state index contributed by atoms with van der Waals surface area (Å²) in [5.41, 5.74) is 6.61. The number of phenolic OH excluding ortho intramolecular Hbond substituents is 1. The fourth-order valence-corrected chi connectivity index (χ4v) is 9.38. The summed E-state index contributed by atoms with van der Waals surface area (Å²) in [6.45, 7) is 8.38. The molecular formula is C32H37NO4. The normalized spacial score (nSPS) is 36.5. The molecule has 4 aliphatic carbocycles. The van der Waals surface area contributed by atoms with Crippen molar-refractivity contribution in [2.45, 2.75) is 81.6 Å². The average Bonchev–Trinajstić information content (AvgIpc) is 3.58. The molecule has 4 bridgehead atoms. The first-order valence-electron chi connectivity index (χ1n) is 14.1. The molecule has 2 aromatic rings. The number of likely N-dealkylation sites (tertiary alicyclic amines) is 1. The van der Waals surface area contributed by atoms with E-state index in [4.69, 9.17) is 9.47 Å². The SMILES string of the molecule is CO[C@@]12CC(=C3[C@H]4Cc5ccc(O)c6c5[C@@]3(CCN4CC3CC3)[C@H]1O6)[C@@H]2[C@](C)(O)c1cc(C)cc(C)c1. The number of aryl methyl sites for hydroxylation is 2. The summed E-state index contributed by atoms with van der Waals surface area (Å²) in [7, 11) is 1.79. The van der Waals surface area contributed by atoms with Gasteiger partial charge in [0.05, 0.1) is 11.0 Å². The number of piperidine rings is 1. The summed E-state index contributed by atoms with van der Waals surface area (Å²) < 4.78 is 13.3. The van der Waals surface area contributed by atoms with Crippen molar-refractivity contribution in [3.8, 4) is 11.5 Å². The van der Waals surface area contributed by atoms with Crippen molar-refractivity contribution in [1.82, 2.24) is 4.90 Å². The smallest absolute Gasteiger partial charge is 0.166 e. The molecule has 2 aliphatic heterocycles. The lowest BCUT2D eigenvalue weighted by Gasteiger charge is -2.69. The highest BCUT2D eigenvalue weighted by Gasteiger charge is 2.78. The number of aromatic hydroxyl groups is 1. The van der Waals surface area contributed by atoms with Gasteiger partial charge in [-0.25, -0.2) is 0 Å². The molecule has 8 rings (SSSR count). The number of methoxy groups -OCH3 is 1. The highest BCUT2D eigenvalue weighted by Crippen LogP contribution is 2.74. The molecule has 2 aromatic carbocycles. The Kier molecular flexibility index (Phi) is 4.28. The second-order valence-electron chi connectivity index (χ2n) is 13.1. The van der Waals surface area contributed by atoms with Crippen LogP contribution in [0, 0.1) is 25.7 Å². The Morgan fingerprint density at radius 1 is 1.16 bits per heavy atom. The molecule has 1 spiro atoms. The second-order valence-corrected chi connectivity index (χ2v) is 13.1. The fourth-order valence-electron chi connectivity index (χ4n) is 9.38. The van der Waals surface area contributed by atoms with Gasteiger partial charge in [-0.1, -0.05) is 41.0 Å². The summed E-state index contributed by atoms with van der Waals surface area (Å²) in [4.78, 5) is 2.73. The van der Waals surface area contributed by atoms with E-state index in [0.29, 0.717) is 11.8 Å². The monoisotopic (exact) mass is 499 g/mol. The van der Waals surface area contributed by atoms with Gasteiger partial charge >= 0.3 is 0 Å². The standard InChI is InChI=1S/C32H37NO4/c1-17-11-18(2)13-21(12-17)30(3,35)28-22-15-32(28,36-4)29-31-9-10-33(16-19-5-6-19)23(26(22)31)14-20-7-8-24(34)27(37-29)25(20)31/h7-8,11-13,19,23,28-29,34-35H,5-6,9-10,14-16H2,1-4H3/t23-,28-,29-,30-,31-,32-/m1/s1. The molecule has 0 aromatic heterocycles. The Morgan fingerprint density at radius 3 is 2.62 bits per heavy atom. The number of hydrogen-bond acceptors (Lipinski definition) is 5. The van der Waals surface area contributed by atoms with Gasteiger partial charge < -0.3 is 19.7 Å². The number of rotatable bonds is 5. The first-order valence-corrected chi connectivity index (χ1v) is 14.1. The second kappa shape index (κ2) is 6.99. The van der Waals surface area contributed by atoms with Crippen LogP contribution < -0.4 is 4.74 Å². The van der Waals surface area contributed by atoms with Gasteiger partial charge in [0.25, 0.3) is 0 Å². The minimum Gasteiger partial charge on any atom is -0.504 e. The maximum absolute atomic E-state index is 12.4. The topological polar surface area (TPSA) is 62.2 Å². The summed E-state index contributed by atoms with van der Waals surface area (Å²) in [5, 5.41) is 23.4. The van der Waals surface area contributed by atoms with Crippen molar-refractivity contribution in [2.24, 2.45) is 11.8 Å². The van der Waals surface area contributed by atoms with Crippen molar-refractivity contribution in [1.29, 1.82) is 0 Å². The van der Waals surface area contributed by atoms with E-state index in [1.54, 1.807) is 7.11 Å². The zero-order valence-corrected chi connectivity index (χ0v) is 22.3. The highest BCUT2D eigenvalue weighted by molar-refractivity contribution is 5.70. The first kappa shape index (κ1) is 22.6. The maximum Gasteiger partial charge on any atom is 0.166 e. The van der Waals surface area contributed by atoms with Crippen molar-refractivity contribution >= 4 is 0 Å².